The molecule has 4 aliphatic carbocycles. The fraction of sp³-hybridized carbons (Fsp3) is 0.824. The van der Waals surface area contributed by atoms with E-state index < -0.39 is 0 Å². The third-order valence-electron chi connectivity index (χ3n) is 6.66. The van der Waals surface area contributed by atoms with Crippen molar-refractivity contribution in [1.82, 2.24) is 15.1 Å². The second-order valence-corrected chi connectivity index (χ2v) is 8.02. The molecule has 3 heteroatoms. The summed E-state index contributed by atoms with van der Waals surface area (Å²) in [6.07, 6.45) is 10.1. The van der Waals surface area contributed by atoms with Crippen LogP contribution in [-0.2, 0) is 25.4 Å². The molecule has 1 aliphatic heterocycles. The summed E-state index contributed by atoms with van der Waals surface area (Å²) in [6, 6.07) is 0. The molecule has 0 aromatic carbocycles. The molecule has 0 radical (unpaired) electrons. The summed E-state index contributed by atoms with van der Waals surface area (Å²) >= 11 is 0. The number of hydrogen-bond acceptors (Lipinski definition) is 2. The average Bonchev–Trinajstić information content (AvgIpc) is 2.76. The van der Waals surface area contributed by atoms with Crippen molar-refractivity contribution in [2.75, 3.05) is 6.54 Å². The summed E-state index contributed by atoms with van der Waals surface area (Å²) in [5, 5.41) is 8.57. The molecule has 3 nitrogen and oxygen atoms in total. The van der Waals surface area contributed by atoms with E-state index >= 15 is 0 Å². The van der Waals surface area contributed by atoms with Gasteiger partial charge in [-0.25, -0.2) is 0 Å². The van der Waals surface area contributed by atoms with E-state index in [1.165, 1.54) is 56.3 Å². The largest absolute Gasteiger partial charge is 0.311 e. The molecule has 0 spiro atoms. The van der Waals surface area contributed by atoms with Crippen LogP contribution in [0.1, 0.15) is 55.5 Å². The topological polar surface area (TPSA) is 29.9 Å². The van der Waals surface area contributed by atoms with Crippen molar-refractivity contribution in [3.8, 4) is 0 Å². The SMILES string of the molecule is Cn1nc(C23CC4CC(CC(C4)C2)C3)c2c1CNCC2. The van der Waals surface area contributed by atoms with Gasteiger partial charge in [-0.2, -0.15) is 5.10 Å². The third-order valence-corrected chi connectivity index (χ3v) is 6.66. The predicted octanol–water partition coefficient (Wildman–Crippen LogP) is 2.53. The van der Waals surface area contributed by atoms with E-state index in [9.17, 15) is 0 Å². The van der Waals surface area contributed by atoms with Crippen molar-refractivity contribution >= 4 is 0 Å². The minimum Gasteiger partial charge on any atom is -0.311 e. The second-order valence-electron chi connectivity index (χ2n) is 8.02. The maximum atomic E-state index is 5.06. The Labute approximate surface area is 121 Å². The van der Waals surface area contributed by atoms with E-state index in [1.807, 2.05) is 0 Å². The van der Waals surface area contributed by atoms with Crippen LogP contribution in [0.3, 0.4) is 0 Å². The molecule has 4 bridgehead atoms. The summed E-state index contributed by atoms with van der Waals surface area (Å²) < 4.78 is 2.18. The maximum absolute atomic E-state index is 5.06. The van der Waals surface area contributed by atoms with Gasteiger partial charge in [-0.15, -0.1) is 0 Å². The zero-order valence-corrected chi connectivity index (χ0v) is 12.5. The van der Waals surface area contributed by atoms with E-state index in [4.69, 9.17) is 5.10 Å². The molecule has 20 heavy (non-hydrogen) atoms. The van der Waals surface area contributed by atoms with Gasteiger partial charge < -0.3 is 5.32 Å². The Hall–Kier alpha value is -0.830. The van der Waals surface area contributed by atoms with Crippen LogP contribution in [0, 0.1) is 17.8 Å². The average molecular weight is 271 g/mol. The Bertz CT molecular complexity index is 522. The summed E-state index contributed by atoms with van der Waals surface area (Å²) in [7, 11) is 2.15. The van der Waals surface area contributed by atoms with Gasteiger partial charge in [0.15, 0.2) is 0 Å². The zero-order chi connectivity index (χ0) is 13.3. The molecule has 5 aliphatic rings. The van der Waals surface area contributed by atoms with Gasteiger partial charge >= 0.3 is 0 Å². The fourth-order valence-corrected chi connectivity index (χ4v) is 6.33. The van der Waals surface area contributed by atoms with E-state index in [1.54, 1.807) is 5.56 Å². The van der Waals surface area contributed by atoms with Gasteiger partial charge in [-0.05, 0) is 74.8 Å². The van der Waals surface area contributed by atoms with Crippen LogP contribution in [0.5, 0.6) is 0 Å². The lowest BCUT2D eigenvalue weighted by Crippen LogP contribution is -2.49. The molecule has 0 unspecified atom stereocenters. The minimum atomic E-state index is 0.470. The first-order chi connectivity index (χ1) is 9.73. The number of nitrogens with one attached hydrogen (secondary N) is 1. The number of rotatable bonds is 1. The molecule has 1 aromatic rings. The van der Waals surface area contributed by atoms with Gasteiger partial charge in [-0.3, -0.25) is 4.68 Å². The van der Waals surface area contributed by atoms with Crippen molar-refractivity contribution in [1.29, 1.82) is 0 Å². The normalized spacial score (nSPS) is 42.0. The van der Waals surface area contributed by atoms with E-state index in [0.29, 0.717) is 5.41 Å². The van der Waals surface area contributed by atoms with Gasteiger partial charge in [0.25, 0.3) is 0 Å². The highest BCUT2D eigenvalue weighted by atomic mass is 15.3. The van der Waals surface area contributed by atoms with Gasteiger partial charge in [0, 0.05) is 19.0 Å². The highest BCUT2D eigenvalue weighted by Crippen LogP contribution is 2.61. The second kappa shape index (κ2) is 3.88. The lowest BCUT2D eigenvalue weighted by molar-refractivity contribution is -0.00782. The smallest absolute Gasteiger partial charge is 0.0722 e. The molecule has 4 fully saturated rings. The number of fused-ring (bicyclic) bond motifs is 1. The van der Waals surface area contributed by atoms with Crippen molar-refractivity contribution in [2.45, 2.75) is 56.9 Å². The quantitative estimate of drug-likeness (QED) is 0.850. The lowest BCUT2D eigenvalue weighted by Gasteiger charge is -2.56. The number of nitrogens with zero attached hydrogens (tertiary/aromatic N) is 2. The molecular formula is C17H25N3. The van der Waals surface area contributed by atoms with Crippen LogP contribution in [0.4, 0.5) is 0 Å². The molecule has 6 rings (SSSR count). The monoisotopic (exact) mass is 271 g/mol. The number of aromatic nitrogens is 2. The first-order valence-corrected chi connectivity index (χ1v) is 8.49. The summed E-state index contributed by atoms with van der Waals surface area (Å²) in [5.41, 5.74) is 5.07. The van der Waals surface area contributed by atoms with E-state index in [-0.39, 0.29) is 0 Å². The van der Waals surface area contributed by atoms with Gasteiger partial charge in [0.05, 0.1) is 11.4 Å². The highest BCUT2D eigenvalue weighted by Gasteiger charge is 2.53. The third kappa shape index (κ3) is 1.47. The highest BCUT2D eigenvalue weighted by molar-refractivity contribution is 5.36. The summed E-state index contributed by atoms with van der Waals surface area (Å²) in [6.45, 7) is 2.16. The van der Waals surface area contributed by atoms with Crippen molar-refractivity contribution in [3.05, 3.63) is 17.0 Å². The Morgan fingerprint density at radius 2 is 1.75 bits per heavy atom. The van der Waals surface area contributed by atoms with Crippen LogP contribution in [0.15, 0.2) is 0 Å². The predicted molar refractivity (Wildman–Crippen MR) is 78.5 cm³/mol. The maximum Gasteiger partial charge on any atom is 0.0722 e. The Balaban J connectivity index is 1.63. The summed E-state index contributed by atoms with van der Waals surface area (Å²) in [5.74, 6) is 3.04. The Morgan fingerprint density at radius 3 is 2.40 bits per heavy atom. The molecule has 1 aromatic heterocycles. The van der Waals surface area contributed by atoms with Gasteiger partial charge in [0.1, 0.15) is 0 Å². The molecule has 108 valence electrons. The van der Waals surface area contributed by atoms with Gasteiger partial charge in [-0.1, -0.05) is 0 Å². The molecule has 1 N–H and O–H groups in total. The number of aryl methyl sites for hydroxylation is 1. The number of hydrogen-bond donors (Lipinski definition) is 1. The van der Waals surface area contributed by atoms with Crippen LogP contribution in [0.2, 0.25) is 0 Å². The molecule has 0 amide bonds. The molecule has 2 heterocycles. The Morgan fingerprint density at radius 1 is 1.10 bits per heavy atom. The fourth-order valence-electron chi connectivity index (χ4n) is 6.33. The Kier molecular flexibility index (Phi) is 2.29. The van der Waals surface area contributed by atoms with Crippen molar-refractivity contribution in [2.24, 2.45) is 24.8 Å². The summed E-state index contributed by atoms with van der Waals surface area (Å²) in [4.78, 5) is 0. The molecule has 4 saturated carbocycles. The standard InChI is InChI=1S/C17H25N3/c1-20-15-10-18-3-2-14(15)16(19-20)17-7-11-4-12(8-17)6-13(5-11)9-17/h11-13,18H,2-10H2,1H3. The van der Waals surface area contributed by atoms with E-state index in [2.05, 4.69) is 17.0 Å². The van der Waals surface area contributed by atoms with Gasteiger partial charge in [0.2, 0.25) is 0 Å². The molecular weight excluding hydrogens is 246 g/mol. The minimum absolute atomic E-state index is 0.470. The zero-order valence-electron chi connectivity index (χ0n) is 12.5. The molecule has 0 saturated heterocycles. The first-order valence-electron chi connectivity index (χ1n) is 8.49. The van der Waals surface area contributed by atoms with Crippen LogP contribution in [0.25, 0.3) is 0 Å². The van der Waals surface area contributed by atoms with E-state index in [0.717, 1.165) is 30.8 Å². The molecule has 0 atom stereocenters. The first kappa shape index (κ1) is 11.8. The lowest BCUT2D eigenvalue weighted by atomic mass is 9.48. The van der Waals surface area contributed by atoms with Crippen molar-refractivity contribution in [3.63, 3.8) is 0 Å². The van der Waals surface area contributed by atoms with Crippen molar-refractivity contribution < 1.29 is 0 Å². The van der Waals surface area contributed by atoms with Crippen LogP contribution >= 0.6 is 0 Å². The van der Waals surface area contributed by atoms with Crippen LogP contribution in [-0.4, -0.2) is 16.3 Å². The van der Waals surface area contributed by atoms with Crippen LogP contribution < -0.4 is 5.32 Å².